The van der Waals surface area contributed by atoms with Crippen molar-refractivity contribution in [2.75, 3.05) is 18.6 Å². The minimum atomic E-state index is 0.0506. The highest BCUT2D eigenvalue weighted by Gasteiger charge is 2.21. The Morgan fingerprint density at radius 3 is 3.00 bits per heavy atom. The monoisotopic (exact) mass is 272 g/mol. The van der Waals surface area contributed by atoms with Crippen LogP contribution in [-0.2, 0) is 13.1 Å². The molecule has 0 atom stereocenters. The number of nitrogens with zero attached hydrogens (tertiary/aromatic N) is 4. The second-order valence-electron chi connectivity index (χ2n) is 4.66. The van der Waals surface area contributed by atoms with E-state index in [1.54, 1.807) is 13.4 Å². The summed E-state index contributed by atoms with van der Waals surface area (Å²) in [6, 6.07) is 5.53. The largest absolute Gasteiger partial charge is 0.497 e. The van der Waals surface area contributed by atoms with Gasteiger partial charge in [0, 0.05) is 24.7 Å². The number of amidine groups is 1. The maximum Gasteiger partial charge on any atom is 0.152 e. The third kappa shape index (κ3) is 2.07. The molecular formula is C13H16N6O. The zero-order valence-corrected chi connectivity index (χ0v) is 11.2. The van der Waals surface area contributed by atoms with Crippen LogP contribution in [0.3, 0.4) is 0 Å². The summed E-state index contributed by atoms with van der Waals surface area (Å²) in [7, 11) is 1.62. The number of ether oxygens (including phenoxy) is 1. The molecule has 1 aromatic heterocycles. The Hall–Kier alpha value is -2.57. The number of methoxy groups -OCH3 is 1. The number of nitrogens with one attached hydrogen (secondary N) is 1. The Kier molecular flexibility index (Phi) is 3.02. The van der Waals surface area contributed by atoms with Crippen LogP contribution in [0.2, 0.25) is 0 Å². The van der Waals surface area contributed by atoms with Crippen LogP contribution in [0.15, 0.2) is 24.5 Å². The zero-order chi connectivity index (χ0) is 14.1. The molecule has 3 rings (SSSR count). The average Bonchev–Trinajstić information content (AvgIpc) is 2.93. The molecule has 0 aliphatic carbocycles. The van der Waals surface area contributed by atoms with E-state index in [1.165, 1.54) is 0 Å². The molecule has 7 heteroatoms. The van der Waals surface area contributed by atoms with E-state index in [-0.39, 0.29) is 5.84 Å². The molecule has 20 heavy (non-hydrogen) atoms. The molecule has 0 unspecified atom stereocenters. The zero-order valence-electron chi connectivity index (χ0n) is 11.2. The SMILES string of the molecule is COc1ccc(C(=N)N)c(N2CCn3cnnc3C2)c1. The van der Waals surface area contributed by atoms with Crippen LogP contribution in [0.25, 0.3) is 0 Å². The summed E-state index contributed by atoms with van der Waals surface area (Å²) in [4.78, 5) is 2.14. The molecule has 7 nitrogen and oxygen atoms in total. The average molecular weight is 272 g/mol. The first-order valence-electron chi connectivity index (χ1n) is 6.33. The van der Waals surface area contributed by atoms with Gasteiger partial charge in [0.1, 0.15) is 17.9 Å². The third-order valence-corrected chi connectivity index (χ3v) is 3.47. The normalized spacial score (nSPS) is 13.9. The summed E-state index contributed by atoms with van der Waals surface area (Å²) >= 11 is 0. The number of hydrogen-bond donors (Lipinski definition) is 2. The predicted molar refractivity (Wildman–Crippen MR) is 75.1 cm³/mol. The summed E-state index contributed by atoms with van der Waals surface area (Å²) in [5, 5.41) is 15.7. The van der Waals surface area contributed by atoms with Gasteiger partial charge in [0.15, 0.2) is 5.82 Å². The van der Waals surface area contributed by atoms with Gasteiger partial charge in [-0.2, -0.15) is 0 Å². The smallest absolute Gasteiger partial charge is 0.152 e. The number of nitrogen functional groups attached to an aromatic ring is 1. The second kappa shape index (κ2) is 4.84. The van der Waals surface area contributed by atoms with Gasteiger partial charge in [-0.15, -0.1) is 10.2 Å². The van der Waals surface area contributed by atoms with Crippen molar-refractivity contribution in [1.82, 2.24) is 14.8 Å². The highest BCUT2D eigenvalue weighted by atomic mass is 16.5. The van der Waals surface area contributed by atoms with Crippen molar-refractivity contribution in [3.63, 3.8) is 0 Å². The van der Waals surface area contributed by atoms with Crippen molar-refractivity contribution in [2.45, 2.75) is 13.1 Å². The molecule has 1 aliphatic rings. The summed E-state index contributed by atoms with van der Waals surface area (Å²) < 4.78 is 7.30. The summed E-state index contributed by atoms with van der Waals surface area (Å²) in [6.07, 6.45) is 1.74. The predicted octanol–water partition coefficient (Wildman–Crippen LogP) is 0.591. The van der Waals surface area contributed by atoms with Crippen molar-refractivity contribution in [2.24, 2.45) is 5.73 Å². The number of hydrogen-bond acceptors (Lipinski definition) is 5. The van der Waals surface area contributed by atoms with E-state index in [1.807, 2.05) is 22.8 Å². The van der Waals surface area contributed by atoms with Gasteiger partial charge in [-0.1, -0.05) is 0 Å². The topological polar surface area (TPSA) is 93.0 Å². The second-order valence-corrected chi connectivity index (χ2v) is 4.66. The number of rotatable bonds is 3. The van der Waals surface area contributed by atoms with Crippen LogP contribution in [0.5, 0.6) is 5.75 Å². The van der Waals surface area contributed by atoms with E-state index in [0.717, 1.165) is 30.4 Å². The van der Waals surface area contributed by atoms with Gasteiger partial charge >= 0.3 is 0 Å². The highest BCUT2D eigenvalue weighted by Crippen LogP contribution is 2.28. The number of anilines is 1. The molecular weight excluding hydrogens is 256 g/mol. The fourth-order valence-corrected chi connectivity index (χ4v) is 2.40. The molecule has 1 aromatic carbocycles. The van der Waals surface area contributed by atoms with Crippen molar-refractivity contribution in [1.29, 1.82) is 5.41 Å². The van der Waals surface area contributed by atoms with Crippen LogP contribution in [0.4, 0.5) is 5.69 Å². The molecule has 0 bridgehead atoms. The van der Waals surface area contributed by atoms with E-state index in [2.05, 4.69) is 15.1 Å². The minimum Gasteiger partial charge on any atom is -0.497 e. The Bertz CT molecular complexity index is 650. The molecule has 0 saturated carbocycles. The van der Waals surface area contributed by atoms with Gasteiger partial charge in [-0.05, 0) is 12.1 Å². The first kappa shape index (κ1) is 12.5. The number of benzene rings is 1. The molecule has 0 fully saturated rings. The van der Waals surface area contributed by atoms with Crippen LogP contribution in [0.1, 0.15) is 11.4 Å². The lowest BCUT2D eigenvalue weighted by atomic mass is 10.1. The first-order valence-corrected chi connectivity index (χ1v) is 6.33. The van der Waals surface area contributed by atoms with Gasteiger partial charge in [-0.3, -0.25) is 5.41 Å². The van der Waals surface area contributed by atoms with E-state index in [9.17, 15) is 0 Å². The molecule has 0 radical (unpaired) electrons. The number of fused-ring (bicyclic) bond motifs is 1. The van der Waals surface area contributed by atoms with Crippen LogP contribution < -0.4 is 15.4 Å². The van der Waals surface area contributed by atoms with Gasteiger partial charge in [-0.25, -0.2) is 0 Å². The quantitative estimate of drug-likeness (QED) is 0.630. The molecule has 2 heterocycles. The lowest BCUT2D eigenvalue weighted by Crippen LogP contribution is -2.35. The highest BCUT2D eigenvalue weighted by molar-refractivity contribution is 6.00. The number of nitrogens with two attached hydrogens (primary N) is 1. The number of aromatic nitrogens is 3. The Balaban J connectivity index is 1.99. The molecule has 3 N–H and O–H groups in total. The van der Waals surface area contributed by atoms with Gasteiger partial charge in [0.25, 0.3) is 0 Å². The Labute approximate surface area is 116 Å². The standard InChI is InChI=1S/C13H16N6O/c1-20-9-2-3-10(13(14)15)11(6-9)18-4-5-19-8-16-17-12(19)7-18/h2-3,6,8H,4-5,7H2,1H3,(H3,14,15). The lowest BCUT2D eigenvalue weighted by molar-refractivity contribution is 0.414. The van der Waals surface area contributed by atoms with E-state index >= 15 is 0 Å². The third-order valence-electron chi connectivity index (χ3n) is 3.47. The van der Waals surface area contributed by atoms with E-state index < -0.39 is 0 Å². The Morgan fingerprint density at radius 1 is 1.40 bits per heavy atom. The van der Waals surface area contributed by atoms with Crippen LogP contribution in [0, 0.1) is 5.41 Å². The van der Waals surface area contributed by atoms with Gasteiger partial charge in [0.05, 0.1) is 19.3 Å². The van der Waals surface area contributed by atoms with Gasteiger partial charge < -0.3 is 19.9 Å². The van der Waals surface area contributed by atoms with Crippen molar-refractivity contribution in [3.05, 3.63) is 35.9 Å². The summed E-state index contributed by atoms with van der Waals surface area (Å²) in [6.45, 7) is 2.28. The fourth-order valence-electron chi connectivity index (χ4n) is 2.40. The van der Waals surface area contributed by atoms with Crippen LogP contribution >= 0.6 is 0 Å². The summed E-state index contributed by atoms with van der Waals surface area (Å²) in [5.41, 5.74) is 7.27. The van der Waals surface area contributed by atoms with Gasteiger partial charge in [0.2, 0.25) is 0 Å². The van der Waals surface area contributed by atoms with E-state index in [4.69, 9.17) is 15.9 Å². The minimum absolute atomic E-state index is 0.0506. The van der Waals surface area contributed by atoms with Crippen LogP contribution in [-0.4, -0.2) is 34.3 Å². The van der Waals surface area contributed by atoms with E-state index in [0.29, 0.717) is 12.1 Å². The molecule has 0 saturated heterocycles. The summed E-state index contributed by atoms with van der Waals surface area (Å²) in [5.74, 6) is 1.71. The molecule has 0 amide bonds. The van der Waals surface area contributed by atoms with Crippen molar-refractivity contribution < 1.29 is 4.74 Å². The maximum atomic E-state index is 7.71. The molecule has 104 valence electrons. The maximum absolute atomic E-state index is 7.71. The molecule has 0 spiro atoms. The van der Waals surface area contributed by atoms with Crippen molar-refractivity contribution in [3.8, 4) is 5.75 Å². The fraction of sp³-hybridized carbons (Fsp3) is 0.308. The first-order chi connectivity index (χ1) is 9.69. The van der Waals surface area contributed by atoms with Crippen molar-refractivity contribution >= 4 is 11.5 Å². The molecule has 2 aromatic rings. The molecule has 1 aliphatic heterocycles. The Morgan fingerprint density at radius 2 is 2.25 bits per heavy atom. The lowest BCUT2D eigenvalue weighted by Gasteiger charge is -2.30.